The molecule has 0 saturated carbocycles. The highest BCUT2D eigenvalue weighted by molar-refractivity contribution is 6.33. The summed E-state index contributed by atoms with van der Waals surface area (Å²) in [5.74, 6) is -0.281. The summed E-state index contributed by atoms with van der Waals surface area (Å²) >= 11 is 5.90. The maximum Gasteiger partial charge on any atom is 0.253 e. The molecule has 4 heteroatoms. The highest BCUT2D eigenvalue weighted by Crippen LogP contribution is 2.17. The smallest absolute Gasteiger partial charge is 0.253 e. The van der Waals surface area contributed by atoms with Gasteiger partial charge in [-0.05, 0) is 32.9 Å². The second-order valence-electron chi connectivity index (χ2n) is 4.33. The average molecular weight is 242 g/mol. The van der Waals surface area contributed by atoms with Crippen LogP contribution in [-0.2, 0) is 0 Å². The Balaban J connectivity index is 2.85. The SMILES string of the molecule is CC(O)C(C)(C)NC(=O)c1ccccc1Cl. The van der Waals surface area contributed by atoms with Gasteiger partial charge in [-0.25, -0.2) is 0 Å². The molecule has 0 aromatic heterocycles. The number of benzene rings is 1. The van der Waals surface area contributed by atoms with Crippen molar-refractivity contribution in [2.45, 2.75) is 32.4 Å². The molecule has 0 aliphatic rings. The first-order valence-electron chi connectivity index (χ1n) is 5.09. The molecule has 0 spiro atoms. The van der Waals surface area contributed by atoms with Gasteiger partial charge in [-0.2, -0.15) is 0 Å². The van der Waals surface area contributed by atoms with Crippen LogP contribution in [0.4, 0.5) is 0 Å². The monoisotopic (exact) mass is 241 g/mol. The third-order valence-corrected chi connectivity index (χ3v) is 2.93. The number of carbonyl (C=O) groups excluding carboxylic acids is 1. The van der Waals surface area contributed by atoms with Crippen LogP contribution in [0.1, 0.15) is 31.1 Å². The van der Waals surface area contributed by atoms with E-state index in [1.165, 1.54) is 0 Å². The van der Waals surface area contributed by atoms with Crippen LogP contribution < -0.4 is 5.32 Å². The zero-order valence-corrected chi connectivity index (χ0v) is 10.4. The van der Waals surface area contributed by atoms with Gasteiger partial charge in [0.15, 0.2) is 0 Å². The quantitative estimate of drug-likeness (QED) is 0.853. The molecule has 0 aliphatic heterocycles. The minimum absolute atomic E-state index is 0.281. The zero-order chi connectivity index (χ0) is 12.3. The number of carbonyl (C=O) groups is 1. The molecule has 2 N–H and O–H groups in total. The predicted octanol–water partition coefficient (Wildman–Crippen LogP) is 2.23. The van der Waals surface area contributed by atoms with E-state index in [0.29, 0.717) is 10.6 Å². The summed E-state index contributed by atoms with van der Waals surface area (Å²) < 4.78 is 0. The average Bonchev–Trinajstić information content (AvgIpc) is 2.17. The number of rotatable bonds is 3. The van der Waals surface area contributed by atoms with Crippen molar-refractivity contribution in [3.8, 4) is 0 Å². The molecule has 16 heavy (non-hydrogen) atoms. The van der Waals surface area contributed by atoms with E-state index in [4.69, 9.17) is 11.6 Å². The molecule has 0 heterocycles. The molecular weight excluding hydrogens is 226 g/mol. The Morgan fingerprint density at radius 2 is 2.00 bits per heavy atom. The normalized spacial score (nSPS) is 13.3. The molecule has 88 valence electrons. The Kier molecular flexibility index (Phi) is 3.94. The van der Waals surface area contributed by atoms with Crippen molar-refractivity contribution in [3.63, 3.8) is 0 Å². The van der Waals surface area contributed by atoms with E-state index in [1.54, 1.807) is 45.0 Å². The second kappa shape index (κ2) is 4.85. The van der Waals surface area contributed by atoms with E-state index >= 15 is 0 Å². The molecule has 1 amide bonds. The van der Waals surface area contributed by atoms with Crippen molar-refractivity contribution in [3.05, 3.63) is 34.9 Å². The Hall–Kier alpha value is -1.06. The minimum Gasteiger partial charge on any atom is -0.391 e. The van der Waals surface area contributed by atoms with Crippen LogP contribution in [0.15, 0.2) is 24.3 Å². The maximum absolute atomic E-state index is 11.9. The number of aliphatic hydroxyl groups is 1. The summed E-state index contributed by atoms with van der Waals surface area (Å²) in [6.07, 6.45) is -0.640. The standard InChI is InChI=1S/C12H16ClNO2/c1-8(15)12(2,3)14-11(16)9-6-4-5-7-10(9)13/h4-8,15H,1-3H3,(H,14,16). The zero-order valence-electron chi connectivity index (χ0n) is 9.62. The van der Waals surface area contributed by atoms with Crippen LogP contribution in [0, 0.1) is 0 Å². The van der Waals surface area contributed by atoms with Gasteiger partial charge in [0.25, 0.3) is 5.91 Å². The molecule has 0 saturated heterocycles. The number of nitrogens with one attached hydrogen (secondary N) is 1. The molecule has 0 radical (unpaired) electrons. The van der Waals surface area contributed by atoms with Gasteiger partial charge in [-0.1, -0.05) is 23.7 Å². The number of halogens is 1. The van der Waals surface area contributed by atoms with Crippen molar-refractivity contribution < 1.29 is 9.90 Å². The number of amides is 1. The lowest BCUT2D eigenvalue weighted by atomic mass is 9.98. The molecule has 1 unspecified atom stereocenters. The van der Waals surface area contributed by atoms with Crippen molar-refractivity contribution in [2.24, 2.45) is 0 Å². The van der Waals surface area contributed by atoms with Crippen LogP contribution in [-0.4, -0.2) is 22.7 Å². The summed E-state index contributed by atoms with van der Waals surface area (Å²) in [4.78, 5) is 11.9. The molecule has 0 fully saturated rings. The van der Waals surface area contributed by atoms with Crippen molar-refractivity contribution in [1.82, 2.24) is 5.32 Å². The summed E-state index contributed by atoms with van der Waals surface area (Å²) in [6.45, 7) is 5.14. The fourth-order valence-corrected chi connectivity index (χ4v) is 1.33. The highest BCUT2D eigenvalue weighted by Gasteiger charge is 2.26. The van der Waals surface area contributed by atoms with Gasteiger partial charge in [0.2, 0.25) is 0 Å². The minimum atomic E-state index is -0.684. The van der Waals surface area contributed by atoms with Crippen LogP contribution in [0.25, 0.3) is 0 Å². The Bertz CT molecular complexity index is 388. The first-order chi connectivity index (χ1) is 7.34. The number of hydrogen-bond acceptors (Lipinski definition) is 2. The van der Waals surface area contributed by atoms with E-state index in [9.17, 15) is 9.90 Å². The van der Waals surface area contributed by atoms with Gasteiger partial charge in [0, 0.05) is 0 Å². The molecule has 1 aromatic rings. The lowest BCUT2D eigenvalue weighted by Gasteiger charge is -2.29. The Morgan fingerprint density at radius 1 is 1.44 bits per heavy atom. The van der Waals surface area contributed by atoms with Gasteiger partial charge in [-0.15, -0.1) is 0 Å². The van der Waals surface area contributed by atoms with E-state index in [0.717, 1.165) is 0 Å². The van der Waals surface area contributed by atoms with Gasteiger partial charge < -0.3 is 10.4 Å². The molecular formula is C12H16ClNO2. The number of aliphatic hydroxyl groups excluding tert-OH is 1. The maximum atomic E-state index is 11.9. The predicted molar refractivity (Wildman–Crippen MR) is 64.7 cm³/mol. The molecule has 0 bridgehead atoms. The molecule has 3 nitrogen and oxygen atoms in total. The van der Waals surface area contributed by atoms with Gasteiger partial charge >= 0.3 is 0 Å². The topological polar surface area (TPSA) is 49.3 Å². The second-order valence-corrected chi connectivity index (χ2v) is 4.74. The molecule has 0 aliphatic carbocycles. The van der Waals surface area contributed by atoms with E-state index < -0.39 is 11.6 Å². The fraction of sp³-hybridized carbons (Fsp3) is 0.417. The summed E-state index contributed by atoms with van der Waals surface area (Å²) in [7, 11) is 0. The van der Waals surface area contributed by atoms with Crippen molar-refractivity contribution in [1.29, 1.82) is 0 Å². The Morgan fingerprint density at radius 3 is 2.50 bits per heavy atom. The molecule has 1 aromatic carbocycles. The highest BCUT2D eigenvalue weighted by atomic mass is 35.5. The van der Waals surface area contributed by atoms with E-state index in [2.05, 4.69) is 5.32 Å². The first kappa shape index (κ1) is 13.0. The Labute approximate surface area is 100 Å². The summed E-state index contributed by atoms with van der Waals surface area (Å²) in [5.41, 5.74) is -0.270. The largest absolute Gasteiger partial charge is 0.391 e. The van der Waals surface area contributed by atoms with E-state index in [1.807, 2.05) is 0 Å². The lowest BCUT2D eigenvalue weighted by molar-refractivity contribution is 0.0709. The van der Waals surface area contributed by atoms with Crippen molar-refractivity contribution in [2.75, 3.05) is 0 Å². The lowest BCUT2D eigenvalue weighted by Crippen LogP contribution is -2.51. The molecule has 1 rings (SSSR count). The van der Waals surface area contributed by atoms with Gasteiger partial charge in [0.05, 0.1) is 22.2 Å². The van der Waals surface area contributed by atoms with Gasteiger partial charge in [0.1, 0.15) is 0 Å². The van der Waals surface area contributed by atoms with E-state index in [-0.39, 0.29) is 5.91 Å². The third kappa shape index (κ3) is 2.97. The fourth-order valence-electron chi connectivity index (χ4n) is 1.11. The molecule has 1 atom stereocenters. The van der Waals surface area contributed by atoms with Crippen LogP contribution in [0.5, 0.6) is 0 Å². The number of hydrogen-bond donors (Lipinski definition) is 2. The third-order valence-electron chi connectivity index (χ3n) is 2.60. The van der Waals surface area contributed by atoms with Crippen LogP contribution >= 0.6 is 11.6 Å². The van der Waals surface area contributed by atoms with Gasteiger partial charge in [-0.3, -0.25) is 4.79 Å². The summed E-state index contributed by atoms with van der Waals surface area (Å²) in [6, 6.07) is 6.82. The first-order valence-corrected chi connectivity index (χ1v) is 5.47. The van der Waals surface area contributed by atoms with Crippen molar-refractivity contribution >= 4 is 17.5 Å². The summed E-state index contributed by atoms with van der Waals surface area (Å²) in [5, 5.41) is 12.6. The van der Waals surface area contributed by atoms with Crippen LogP contribution in [0.2, 0.25) is 5.02 Å². The van der Waals surface area contributed by atoms with Crippen LogP contribution in [0.3, 0.4) is 0 Å².